The number of phenols is 1. The Morgan fingerprint density at radius 2 is 1.70 bits per heavy atom. The minimum Gasteiger partial charge on any atom is -0.505 e. The summed E-state index contributed by atoms with van der Waals surface area (Å²) in [6.45, 7) is 1.94. The molecule has 4 rings (SSSR count). The Morgan fingerprint density at radius 3 is 2.56 bits per heavy atom. The maximum atomic E-state index is 12.7. The fourth-order valence-electron chi connectivity index (χ4n) is 3.29. The largest absolute Gasteiger partial charge is 0.505 e. The SMILES string of the molecule is C.CC(NC(=O)c1ccc2cccnc2c1O)c1cccc2ccccc12. The Balaban J connectivity index is 0.00000210. The van der Waals surface area contributed by atoms with E-state index >= 15 is 0 Å². The molecule has 4 heteroatoms. The van der Waals surface area contributed by atoms with E-state index in [1.807, 2.05) is 55.5 Å². The van der Waals surface area contributed by atoms with E-state index in [4.69, 9.17) is 0 Å². The van der Waals surface area contributed by atoms with Crippen LogP contribution < -0.4 is 5.32 Å². The van der Waals surface area contributed by atoms with Crippen LogP contribution in [-0.4, -0.2) is 16.0 Å². The molecule has 0 radical (unpaired) electrons. The Labute approximate surface area is 158 Å². The van der Waals surface area contributed by atoms with Gasteiger partial charge in [0.05, 0.1) is 11.6 Å². The van der Waals surface area contributed by atoms with Crippen molar-refractivity contribution < 1.29 is 9.90 Å². The molecule has 1 amide bonds. The molecule has 0 aliphatic carbocycles. The van der Waals surface area contributed by atoms with E-state index in [0.717, 1.165) is 21.7 Å². The van der Waals surface area contributed by atoms with Crippen LogP contribution in [-0.2, 0) is 0 Å². The van der Waals surface area contributed by atoms with Gasteiger partial charge in [0.25, 0.3) is 5.91 Å². The Hall–Kier alpha value is -3.40. The van der Waals surface area contributed by atoms with Gasteiger partial charge in [0.15, 0.2) is 5.75 Å². The standard InChI is InChI=1S/C22H18N2O2.CH4/c1-14(17-10-4-7-15-6-2-3-9-18(15)17)24-22(26)19-12-11-16-8-5-13-23-20(16)21(19)25;/h2-14,25H,1H3,(H,24,26);1H4. The van der Waals surface area contributed by atoms with Crippen LogP contribution in [0.25, 0.3) is 21.7 Å². The minimum atomic E-state index is -0.324. The number of phenolic OH excluding ortho intramolecular Hbond substituents is 1. The first kappa shape index (κ1) is 18.4. The number of aromatic nitrogens is 1. The molecule has 27 heavy (non-hydrogen) atoms. The van der Waals surface area contributed by atoms with Gasteiger partial charge in [-0.25, -0.2) is 0 Å². The maximum Gasteiger partial charge on any atom is 0.255 e. The van der Waals surface area contributed by atoms with E-state index in [-0.39, 0.29) is 30.7 Å². The van der Waals surface area contributed by atoms with Gasteiger partial charge in [-0.1, -0.05) is 62.0 Å². The van der Waals surface area contributed by atoms with Crippen LogP contribution >= 0.6 is 0 Å². The minimum absolute atomic E-state index is 0. The first-order valence-corrected chi connectivity index (χ1v) is 8.50. The number of carbonyl (C=O) groups excluding carboxylic acids is 1. The highest BCUT2D eigenvalue weighted by Crippen LogP contribution is 2.28. The lowest BCUT2D eigenvalue weighted by Crippen LogP contribution is -2.26. The molecule has 0 aliphatic rings. The highest BCUT2D eigenvalue weighted by atomic mass is 16.3. The van der Waals surface area contributed by atoms with E-state index in [0.29, 0.717) is 5.52 Å². The van der Waals surface area contributed by atoms with Crippen molar-refractivity contribution in [2.75, 3.05) is 0 Å². The second-order valence-electron chi connectivity index (χ2n) is 6.30. The number of hydrogen-bond acceptors (Lipinski definition) is 3. The molecule has 0 bridgehead atoms. The second-order valence-corrected chi connectivity index (χ2v) is 6.30. The molecular weight excluding hydrogens is 336 g/mol. The third kappa shape index (κ3) is 3.34. The van der Waals surface area contributed by atoms with Gasteiger partial charge in [0.1, 0.15) is 5.52 Å². The van der Waals surface area contributed by atoms with Crippen molar-refractivity contribution in [2.45, 2.75) is 20.4 Å². The first-order chi connectivity index (χ1) is 12.6. The van der Waals surface area contributed by atoms with Gasteiger partial charge in [-0.3, -0.25) is 9.78 Å². The van der Waals surface area contributed by atoms with Gasteiger partial charge in [-0.05, 0) is 35.4 Å². The lowest BCUT2D eigenvalue weighted by atomic mass is 9.99. The molecule has 1 unspecified atom stereocenters. The molecule has 4 nitrogen and oxygen atoms in total. The molecule has 136 valence electrons. The third-order valence-corrected chi connectivity index (χ3v) is 4.63. The molecular formula is C23H22N2O2. The number of fused-ring (bicyclic) bond motifs is 2. The molecule has 1 atom stereocenters. The first-order valence-electron chi connectivity index (χ1n) is 8.50. The second kappa shape index (κ2) is 7.46. The lowest BCUT2D eigenvalue weighted by Gasteiger charge is -2.17. The molecule has 2 N–H and O–H groups in total. The quantitative estimate of drug-likeness (QED) is 0.528. The highest BCUT2D eigenvalue weighted by molar-refractivity contribution is 6.02. The summed E-state index contributed by atoms with van der Waals surface area (Å²) in [5, 5.41) is 16.5. The van der Waals surface area contributed by atoms with Crippen LogP contribution in [0, 0.1) is 0 Å². The molecule has 0 fully saturated rings. The van der Waals surface area contributed by atoms with E-state index in [1.54, 1.807) is 24.4 Å². The van der Waals surface area contributed by atoms with Crippen molar-refractivity contribution in [1.82, 2.24) is 10.3 Å². The van der Waals surface area contributed by atoms with Crippen molar-refractivity contribution >= 4 is 27.6 Å². The van der Waals surface area contributed by atoms with Crippen LogP contribution in [0.3, 0.4) is 0 Å². The molecule has 0 saturated heterocycles. The highest BCUT2D eigenvalue weighted by Gasteiger charge is 2.18. The van der Waals surface area contributed by atoms with Crippen LogP contribution in [0.1, 0.15) is 36.3 Å². The van der Waals surface area contributed by atoms with Crippen LogP contribution in [0.5, 0.6) is 5.75 Å². The van der Waals surface area contributed by atoms with Gasteiger partial charge in [0.2, 0.25) is 0 Å². The third-order valence-electron chi connectivity index (χ3n) is 4.63. The number of nitrogens with zero attached hydrogens (tertiary/aromatic N) is 1. The van der Waals surface area contributed by atoms with E-state index in [1.165, 1.54) is 0 Å². The van der Waals surface area contributed by atoms with Gasteiger partial charge >= 0.3 is 0 Å². The number of amides is 1. The van der Waals surface area contributed by atoms with E-state index in [2.05, 4.69) is 10.3 Å². The number of rotatable bonds is 3. The van der Waals surface area contributed by atoms with E-state index in [9.17, 15) is 9.90 Å². The van der Waals surface area contributed by atoms with Crippen LogP contribution in [0.4, 0.5) is 0 Å². The predicted octanol–water partition coefficient (Wildman–Crippen LogP) is 5.22. The fourth-order valence-corrected chi connectivity index (χ4v) is 3.29. The zero-order valence-electron chi connectivity index (χ0n) is 14.3. The number of benzene rings is 3. The zero-order valence-corrected chi connectivity index (χ0v) is 14.3. The smallest absolute Gasteiger partial charge is 0.255 e. The number of pyridine rings is 1. The summed E-state index contributed by atoms with van der Waals surface area (Å²) >= 11 is 0. The number of carbonyl (C=O) groups is 1. The summed E-state index contributed by atoms with van der Waals surface area (Å²) in [5.74, 6) is -0.416. The molecule has 0 saturated carbocycles. The summed E-state index contributed by atoms with van der Waals surface area (Å²) < 4.78 is 0. The molecule has 0 spiro atoms. The number of aromatic hydroxyl groups is 1. The number of hydrogen-bond donors (Lipinski definition) is 2. The van der Waals surface area contributed by atoms with Gasteiger partial charge in [-0.15, -0.1) is 0 Å². The van der Waals surface area contributed by atoms with Crippen molar-refractivity contribution in [3.63, 3.8) is 0 Å². The van der Waals surface area contributed by atoms with Gasteiger partial charge in [0, 0.05) is 11.6 Å². The normalized spacial score (nSPS) is 11.7. The van der Waals surface area contributed by atoms with Crippen molar-refractivity contribution in [3.05, 3.63) is 84.1 Å². The Kier molecular flexibility index (Phi) is 5.08. The summed E-state index contributed by atoms with van der Waals surface area (Å²) in [5.41, 5.74) is 1.69. The van der Waals surface area contributed by atoms with Crippen molar-refractivity contribution in [2.24, 2.45) is 0 Å². The lowest BCUT2D eigenvalue weighted by molar-refractivity contribution is 0.0937. The maximum absolute atomic E-state index is 12.7. The number of nitrogens with one attached hydrogen (secondary N) is 1. The molecule has 3 aromatic carbocycles. The summed E-state index contributed by atoms with van der Waals surface area (Å²) in [4.78, 5) is 16.9. The molecule has 4 aromatic rings. The zero-order chi connectivity index (χ0) is 18.1. The Bertz CT molecular complexity index is 1120. The van der Waals surface area contributed by atoms with Crippen LogP contribution in [0.2, 0.25) is 0 Å². The average Bonchev–Trinajstić information content (AvgIpc) is 2.68. The molecule has 0 aliphatic heterocycles. The van der Waals surface area contributed by atoms with Gasteiger partial charge < -0.3 is 10.4 Å². The van der Waals surface area contributed by atoms with Crippen molar-refractivity contribution in [3.8, 4) is 5.75 Å². The van der Waals surface area contributed by atoms with Gasteiger partial charge in [-0.2, -0.15) is 0 Å². The molecule has 1 aromatic heterocycles. The predicted molar refractivity (Wildman–Crippen MR) is 110 cm³/mol. The molecule has 1 heterocycles. The van der Waals surface area contributed by atoms with Crippen LogP contribution in [0.15, 0.2) is 72.9 Å². The summed E-state index contributed by atoms with van der Waals surface area (Å²) in [6.07, 6.45) is 1.60. The summed E-state index contributed by atoms with van der Waals surface area (Å²) in [6, 6.07) is 21.0. The summed E-state index contributed by atoms with van der Waals surface area (Å²) in [7, 11) is 0. The van der Waals surface area contributed by atoms with E-state index < -0.39 is 0 Å². The fraction of sp³-hybridized carbons (Fsp3) is 0.130. The topological polar surface area (TPSA) is 62.2 Å². The Morgan fingerprint density at radius 1 is 0.963 bits per heavy atom. The van der Waals surface area contributed by atoms with Crippen molar-refractivity contribution in [1.29, 1.82) is 0 Å². The average molecular weight is 358 g/mol. The monoisotopic (exact) mass is 358 g/mol.